The van der Waals surface area contributed by atoms with Crippen LogP contribution in [0.15, 0.2) is 195 Å². The van der Waals surface area contributed by atoms with Crippen LogP contribution in [0.5, 0.6) is 11.5 Å². The standard InChI is InChI=1S/C17H20N2O3.C16H21N3.2C16H20N2O.C13H17N.C11H14N2O/c1-2-12-7-10(1)15(16(12)19-17-18-5-6-20-17)11-3-4-13-14(8-11)22-9-21-13;1-2-4-11(5-3-1)14-12-6-7-13(10-12)15(14)19-16-17-8-9-18-16;2*1-2-4-11(5-3-1)14-12-6-7-13(10-12)15(14)18-16-17-8-9-19-16;14-13-11-7-6-10(8-11)12(13)9-4-2-1-3-5-9;1-2-4-10(5-3-1)6-7-12-11-13-8-9-14-11/h3-4,8,10,12,15-16H,1-2,5-7,9H2,(H,18,19);1-5,12-15H,6-10H2,(H2,17,18,19);2*1-5,12-15H,6-10H2,(H,17,18);1-5,10-13H,6-8,14H2;1-5H,6-9H2,(H,12,13). The molecule has 0 spiro atoms. The number of nitrogens with zero attached hydrogens (tertiary/aromatic N) is 5. The lowest BCUT2D eigenvalue weighted by atomic mass is 9.79. The zero-order valence-electron chi connectivity index (χ0n) is 62.3. The topological polar surface area (TPSA) is 215 Å². The summed E-state index contributed by atoms with van der Waals surface area (Å²) < 4.78 is 32.9. The Morgan fingerprint density at radius 1 is 0.336 bits per heavy atom. The molecule has 16 aliphatic rings. The number of amidine groups is 4. The summed E-state index contributed by atoms with van der Waals surface area (Å²) in [6.45, 7) is 9.18. The molecule has 22 rings (SSSR count). The predicted octanol–water partition coefficient (Wildman–Crippen LogP) is 13.2. The van der Waals surface area contributed by atoms with E-state index in [4.69, 9.17) is 34.2 Å². The molecule has 18 heteroatoms. The highest BCUT2D eigenvalue weighted by atomic mass is 16.7. The van der Waals surface area contributed by atoms with Crippen molar-refractivity contribution in [3.63, 3.8) is 0 Å². The van der Waals surface area contributed by atoms with Gasteiger partial charge < -0.3 is 66.1 Å². The van der Waals surface area contributed by atoms with Gasteiger partial charge in [0.25, 0.3) is 24.1 Å². The first-order valence-electron chi connectivity index (χ1n) is 41.1. The van der Waals surface area contributed by atoms with Crippen molar-refractivity contribution in [3.8, 4) is 11.5 Å². The molecule has 10 fully saturated rings. The van der Waals surface area contributed by atoms with Crippen molar-refractivity contribution in [2.24, 2.45) is 89.9 Å². The number of aliphatic imine (C=N–C) groups is 5. The van der Waals surface area contributed by atoms with Gasteiger partial charge in [-0.1, -0.05) is 158 Å². The molecule has 107 heavy (non-hydrogen) atoms. The van der Waals surface area contributed by atoms with Crippen LogP contribution in [-0.2, 0) is 25.4 Å². The molecule has 18 nitrogen and oxygen atoms in total. The largest absolute Gasteiger partial charge is 0.463 e. The number of hydrogen-bond donors (Lipinski definition) is 7. The molecule has 0 aromatic heterocycles. The van der Waals surface area contributed by atoms with E-state index >= 15 is 0 Å². The minimum Gasteiger partial charge on any atom is -0.463 e. The van der Waals surface area contributed by atoms with Crippen molar-refractivity contribution in [3.05, 3.63) is 203 Å². The van der Waals surface area contributed by atoms with Crippen LogP contribution in [0.2, 0.25) is 0 Å². The van der Waals surface area contributed by atoms with Gasteiger partial charge in [-0.05, 0) is 207 Å². The summed E-state index contributed by atoms with van der Waals surface area (Å²) >= 11 is 0. The Labute approximate surface area is 633 Å². The van der Waals surface area contributed by atoms with Gasteiger partial charge in [-0.2, -0.15) is 0 Å². The molecule has 8 N–H and O–H groups in total. The molecule has 0 amide bonds. The Morgan fingerprint density at radius 2 is 0.701 bits per heavy atom. The maximum atomic E-state index is 6.30. The van der Waals surface area contributed by atoms with Crippen LogP contribution in [-0.4, -0.2) is 139 Å². The van der Waals surface area contributed by atoms with E-state index in [1.165, 1.54) is 130 Å². The molecule has 0 saturated heterocycles. The van der Waals surface area contributed by atoms with E-state index in [1.54, 1.807) is 0 Å². The summed E-state index contributed by atoms with van der Waals surface area (Å²) in [5.74, 6) is 14.0. The smallest absolute Gasteiger partial charge is 0.285 e. The molecule has 6 heterocycles. The summed E-state index contributed by atoms with van der Waals surface area (Å²) in [7, 11) is 0. The van der Waals surface area contributed by atoms with Crippen molar-refractivity contribution in [1.82, 2.24) is 31.9 Å². The minimum absolute atomic E-state index is 0.335. The summed E-state index contributed by atoms with van der Waals surface area (Å²) in [4.78, 5) is 21.9. The molecule has 6 aromatic carbocycles. The molecule has 10 saturated carbocycles. The lowest BCUT2D eigenvalue weighted by Crippen LogP contribution is -2.46. The second kappa shape index (κ2) is 33.8. The van der Waals surface area contributed by atoms with Gasteiger partial charge in [0.15, 0.2) is 17.5 Å². The number of rotatable bonds is 12. The minimum atomic E-state index is 0.335. The Balaban J connectivity index is 0.0000000949. The maximum Gasteiger partial charge on any atom is 0.285 e. The molecular formula is C89H112N12O6. The monoisotopic (exact) mass is 1440 g/mol. The maximum absolute atomic E-state index is 6.30. The highest BCUT2D eigenvalue weighted by Gasteiger charge is 2.53. The zero-order valence-corrected chi connectivity index (χ0v) is 62.3. The number of guanidine groups is 1. The van der Waals surface area contributed by atoms with Crippen LogP contribution >= 0.6 is 0 Å². The van der Waals surface area contributed by atoms with Gasteiger partial charge >= 0.3 is 0 Å². The predicted molar refractivity (Wildman–Crippen MR) is 423 cm³/mol. The summed E-state index contributed by atoms with van der Waals surface area (Å²) in [6.07, 6.45) is 21.5. The van der Waals surface area contributed by atoms with Crippen molar-refractivity contribution in [1.29, 1.82) is 0 Å². The summed E-state index contributed by atoms with van der Waals surface area (Å²) in [5, 5.41) is 21.0. The van der Waals surface area contributed by atoms with Crippen LogP contribution in [0, 0.1) is 59.2 Å². The lowest BCUT2D eigenvalue weighted by molar-refractivity contribution is 0.174. The molecule has 10 bridgehead atoms. The molecule has 20 unspecified atom stereocenters. The molecule has 6 aliphatic heterocycles. The number of nitrogens with one attached hydrogen (secondary N) is 6. The Bertz CT molecular complexity index is 3820. The molecule has 20 atom stereocenters. The van der Waals surface area contributed by atoms with Gasteiger partial charge in [-0.3, -0.25) is 4.99 Å². The number of hydrogen-bond acceptors (Lipinski definition) is 18. The Kier molecular flexibility index (Phi) is 22.5. The van der Waals surface area contributed by atoms with Crippen LogP contribution in [0.4, 0.5) is 0 Å². The van der Waals surface area contributed by atoms with E-state index < -0.39 is 0 Å². The number of benzene rings is 6. The van der Waals surface area contributed by atoms with E-state index in [0.29, 0.717) is 85.8 Å². The SMILES string of the molecule is NC1C2CCC(C2)C1c1ccccc1.c1cc2c(cc1C1C3CCC(C3)C1NC1=NCCO1)OCO2.c1ccc(C2C3CCC(C3)C2NC2=NCCN2)cc1.c1ccc(C2C3CCC(C3)C2NC2=NCCO2)cc1.c1ccc(C2C3CCC(C3)C2NC2=NCCO2)cc1.c1ccc(CCNC2=NCCO2)cc1. The number of fused-ring (bicyclic) bond motifs is 11. The summed E-state index contributed by atoms with van der Waals surface area (Å²) in [5.41, 5.74) is 14.9. The third kappa shape index (κ3) is 16.3. The molecule has 10 aliphatic carbocycles. The van der Waals surface area contributed by atoms with Gasteiger partial charge in [0.05, 0.1) is 32.7 Å². The normalized spacial score (nSPS) is 33.6. The average Bonchev–Trinajstić information content (AvgIpc) is 1.59. The van der Waals surface area contributed by atoms with Crippen molar-refractivity contribution in [2.45, 2.75) is 163 Å². The fourth-order valence-electron chi connectivity index (χ4n) is 22.3. The van der Waals surface area contributed by atoms with E-state index in [9.17, 15) is 0 Å². The van der Waals surface area contributed by atoms with Crippen LogP contribution in [0.1, 0.15) is 159 Å². The number of nitrogens with two attached hydrogens (primary N) is 1. The van der Waals surface area contributed by atoms with Crippen LogP contribution < -0.4 is 47.1 Å². The van der Waals surface area contributed by atoms with Crippen LogP contribution in [0.25, 0.3) is 0 Å². The highest BCUT2D eigenvalue weighted by Crippen LogP contribution is 2.57. The fourth-order valence-corrected chi connectivity index (χ4v) is 22.3. The quantitative estimate of drug-likeness (QED) is 0.0608. The van der Waals surface area contributed by atoms with E-state index in [-0.39, 0.29) is 0 Å². The molecule has 6 aromatic rings. The van der Waals surface area contributed by atoms with Crippen molar-refractivity contribution < 1.29 is 28.4 Å². The lowest BCUT2D eigenvalue weighted by Gasteiger charge is -2.32. The number of ether oxygens (including phenoxy) is 6. The Morgan fingerprint density at radius 3 is 1.10 bits per heavy atom. The van der Waals surface area contributed by atoms with Gasteiger partial charge in [0, 0.05) is 72.9 Å². The third-order valence-corrected chi connectivity index (χ3v) is 26.9. The van der Waals surface area contributed by atoms with Crippen LogP contribution in [0.3, 0.4) is 0 Å². The van der Waals surface area contributed by atoms with Crippen molar-refractivity contribution >= 4 is 30.0 Å². The Hall–Kier alpha value is -8.77. The second-order valence-corrected chi connectivity index (χ2v) is 32.8. The van der Waals surface area contributed by atoms with E-state index in [2.05, 4.69) is 215 Å². The molecular weight excluding hydrogens is 1330 g/mol. The average molecular weight is 1450 g/mol. The second-order valence-electron chi connectivity index (χ2n) is 32.8. The van der Waals surface area contributed by atoms with Gasteiger partial charge in [0.1, 0.15) is 26.4 Å². The zero-order chi connectivity index (χ0) is 71.7. The fraction of sp³-hybridized carbons (Fsp3) is 0.539. The summed E-state index contributed by atoms with van der Waals surface area (Å²) in [6, 6.07) is 66.0. The molecule has 564 valence electrons. The highest BCUT2D eigenvalue weighted by molar-refractivity contribution is 5.82. The van der Waals surface area contributed by atoms with Crippen molar-refractivity contribution in [2.75, 3.05) is 79.0 Å². The van der Waals surface area contributed by atoms with Gasteiger partial charge in [-0.25, -0.2) is 20.0 Å². The van der Waals surface area contributed by atoms with Gasteiger partial charge in [-0.15, -0.1) is 0 Å². The first-order valence-corrected chi connectivity index (χ1v) is 41.1. The van der Waals surface area contributed by atoms with E-state index in [1.807, 2.05) is 12.1 Å². The van der Waals surface area contributed by atoms with E-state index in [0.717, 1.165) is 160 Å². The first kappa shape index (κ1) is 71.2. The first-order chi connectivity index (χ1) is 52.9. The third-order valence-electron chi connectivity index (χ3n) is 26.9. The van der Waals surface area contributed by atoms with Gasteiger partial charge in [0.2, 0.25) is 6.79 Å². The molecule has 0 radical (unpaired) electrons.